The van der Waals surface area contributed by atoms with Crippen LogP contribution < -0.4 is 10.5 Å². The summed E-state index contributed by atoms with van der Waals surface area (Å²) in [5, 5.41) is 0.0945. The summed E-state index contributed by atoms with van der Waals surface area (Å²) in [4.78, 5) is -0.491. The third kappa shape index (κ3) is 2.60. The fourth-order valence-electron chi connectivity index (χ4n) is 1.89. The largest absolute Gasteiger partial charge is 0.396 e. The van der Waals surface area contributed by atoms with E-state index < -0.39 is 20.7 Å². The van der Waals surface area contributed by atoms with E-state index in [1.54, 1.807) is 0 Å². The molecule has 2 rings (SSSR count). The Bertz CT molecular complexity index is 577. The van der Waals surface area contributed by atoms with Gasteiger partial charge >= 0.3 is 0 Å². The van der Waals surface area contributed by atoms with Crippen molar-refractivity contribution in [2.24, 2.45) is 5.92 Å². The molecule has 0 spiro atoms. The van der Waals surface area contributed by atoms with E-state index in [1.807, 2.05) is 6.92 Å². The Hall–Kier alpha value is -0.850. The molecule has 100 valence electrons. The van der Waals surface area contributed by atoms with Gasteiger partial charge in [0, 0.05) is 11.1 Å². The third-order valence-electron chi connectivity index (χ3n) is 3.08. The Morgan fingerprint density at radius 3 is 2.78 bits per heavy atom. The molecule has 7 heteroatoms. The maximum atomic E-state index is 13.7. The first-order valence-corrected chi connectivity index (χ1v) is 7.48. The van der Waals surface area contributed by atoms with E-state index in [0.29, 0.717) is 5.92 Å². The average molecular weight is 293 g/mol. The lowest BCUT2D eigenvalue weighted by Crippen LogP contribution is -2.28. The first-order chi connectivity index (χ1) is 8.35. The van der Waals surface area contributed by atoms with Gasteiger partial charge in [0.1, 0.15) is 4.90 Å². The van der Waals surface area contributed by atoms with Crippen LogP contribution in [0.1, 0.15) is 19.8 Å². The second-order valence-electron chi connectivity index (χ2n) is 4.44. The van der Waals surface area contributed by atoms with Crippen LogP contribution >= 0.6 is 11.6 Å². The molecule has 1 aromatic rings. The van der Waals surface area contributed by atoms with Crippen LogP contribution in [-0.4, -0.2) is 14.5 Å². The first kappa shape index (κ1) is 13.6. The van der Waals surface area contributed by atoms with Gasteiger partial charge in [-0.15, -0.1) is 0 Å². The third-order valence-corrected chi connectivity index (χ3v) is 4.78. The van der Waals surface area contributed by atoms with E-state index >= 15 is 0 Å². The Labute approximate surface area is 110 Å². The molecular weight excluding hydrogens is 279 g/mol. The van der Waals surface area contributed by atoms with E-state index in [9.17, 15) is 12.8 Å². The van der Waals surface area contributed by atoms with Crippen LogP contribution in [0.25, 0.3) is 0 Å². The Morgan fingerprint density at radius 2 is 2.22 bits per heavy atom. The molecule has 0 saturated heterocycles. The van der Waals surface area contributed by atoms with Crippen LogP contribution in [-0.2, 0) is 10.0 Å². The zero-order valence-corrected chi connectivity index (χ0v) is 11.4. The van der Waals surface area contributed by atoms with E-state index in [1.165, 1.54) is 6.07 Å². The van der Waals surface area contributed by atoms with Crippen LogP contribution in [0.4, 0.5) is 10.1 Å². The quantitative estimate of drug-likeness (QED) is 0.835. The molecule has 0 amide bonds. The zero-order chi connectivity index (χ0) is 13.5. The lowest BCUT2D eigenvalue weighted by Gasteiger charge is -2.09. The van der Waals surface area contributed by atoms with Crippen molar-refractivity contribution >= 4 is 27.3 Å². The Morgan fingerprint density at radius 1 is 1.56 bits per heavy atom. The topological polar surface area (TPSA) is 72.2 Å². The number of hydrogen-bond acceptors (Lipinski definition) is 3. The minimum Gasteiger partial charge on any atom is -0.396 e. The van der Waals surface area contributed by atoms with Gasteiger partial charge in [0.25, 0.3) is 0 Å². The molecule has 0 aliphatic heterocycles. The van der Waals surface area contributed by atoms with Gasteiger partial charge in [0.2, 0.25) is 10.0 Å². The molecule has 0 radical (unpaired) electrons. The molecule has 0 heterocycles. The van der Waals surface area contributed by atoms with Gasteiger partial charge in [0.15, 0.2) is 5.82 Å². The predicted molar refractivity (Wildman–Crippen MR) is 68.3 cm³/mol. The van der Waals surface area contributed by atoms with Crippen molar-refractivity contribution in [1.82, 2.24) is 4.72 Å². The fraction of sp³-hybridized carbons (Fsp3) is 0.455. The lowest BCUT2D eigenvalue weighted by molar-refractivity contribution is 0.555. The number of nitrogen functional groups attached to an aromatic ring is 1. The minimum absolute atomic E-state index is 0.0945. The van der Waals surface area contributed by atoms with Gasteiger partial charge in [-0.3, -0.25) is 0 Å². The van der Waals surface area contributed by atoms with Gasteiger partial charge in [0.05, 0.1) is 5.69 Å². The molecule has 2 unspecified atom stereocenters. The number of nitrogens with two attached hydrogens (primary N) is 1. The average Bonchev–Trinajstić information content (AvgIpc) is 3.00. The van der Waals surface area contributed by atoms with Gasteiger partial charge in [-0.1, -0.05) is 24.9 Å². The molecule has 3 N–H and O–H groups in total. The van der Waals surface area contributed by atoms with E-state index in [-0.39, 0.29) is 16.8 Å². The number of halogens is 2. The summed E-state index contributed by atoms with van der Waals surface area (Å²) in [5.74, 6) is -0.625. The highest BCUT2D eigenvalue weighted by atomic mass is 35.5. The number of anilines is 1. The Balaban J connectivity index is 2.30. The summed E-state index contributed by atoms with van der Waals surface area (Å²) in [7, 11) is -3.91. The first-order valence-electron chi connectivity index (χ1n) is 5.62. The fourth-order valence-corrected chi connectivity index (χ4v) is 3.63. The summed E-state index contributed by atoms with van der Waals surface area (Å²) in [6.45, 7) is 1.98. The molecule has 0 bridgehead atoms. The van der Waals surface area contributed by atoms with Crippen molar-refractivity contribution in [2.45, 2.75) is 30.7 Å². The Kier molecular flexibility index (Phi) is 3.53. The van der Waals surface area contributed by atoms with Gasteiger partial charge < -0.3 is 5.73 Å². The van der Waals surface area contributed by atoms with E-state index in [2.05, 4.69) is 4.72 Å². The van der Waals surface area contributed by atoms with Crippen molar-refractivity contribution in [3.8, 4) is 0 Å². The van der Waals surface area contributed by atoms with Crippen molar-refractivity contribution in [3.63, 3.8) is 0 Å². The number of nitrogens with one attached hydrogen (secondary N) is 1. The van der Waals surface area contributed by atoms with E-state index in [0.717, 1.165) is 18.9 Å². The maximum absolute atomic E-state index is 13.7. The highest BCUT2D eigenvalue weighted by Crippen LogP contribution is 2.35. The number of rotatable bonds is 4. The van der Waals surface area contributed by atoms with Crippen LogP contribution in [0.15, 0.2) is 17.0 Å². The van der Waals surface area contributed by atoms with Crippen LogP contribution in [0, 0.1) is 11.7 Å². The molecule has 1 fully saturated rings. The molecule has 0 aromatic heterocycles. The molecular formula is C11H14ClFN2O2S. The maximum Gasteiger partial charge on any atom is 0.243 e. The smallest absolute Gasteiger partial charge is 0.243 e. The SMILES string of the molecule is CCC1CC1NS(=O)(=O)c1cc(Cl)cc(N)c1F. The van der Waals surface area contributed by atoms with Crippen molar-refractivity contribution < 1.29 is 12.8 Å². The highest BCUT2D eigenvalue weighted by molar-refractivity contribution is 7.89. The molecule has 4 nitrogen and oxygen atoms in total. The summed E-state index contributed by atoms with van der Waals surface area (Å²) in [5.41, 5.74) is 5.09. The molecule has 1 aliphatic rings. The number of hydrogen-bond donors (Lipinski definition) is 2. The molecule has 2 atom stereocenters. The second kappa shape index (κ2) is 4.68. The highest BCUT2D eigenvalue weighted by Gasteiger charge is 2.39. The van der Waals surface area contributed by atoms with Crippen molar-refractivity contribution in [3.05, 3.63) is 23.0 Å². The number of sulfonamides is 1. The summed E-state index contributed by atoms with van der Waals surface area (Å²) in [6, 6.07) is 2.14. The standard InChI is InChI=1S/C11H14ClFN2O2S/c1-2-6-3-9(6)15-18(16,17)10-5-7(12)4-8(14)11(10)13/h4-6,9,15H,2-3,14H2,1H3. The molecule has 1 saturated carbocycles. The summed E-state index contributed by atoms with van der Waals surface area (Å²) in [6.07, 6.45) is 1.68. The summed E-state index contributed by atoms with van der Waals surface area (Å²) >= 11 is 5.70. The minimum atomic E-state index is -3.91. The second-order valence-corrected chi connectivity index (χ2v) is 6.56. The van der Waals surface area contributed by atoms with Crippen LogP contribution in [0.2, 0.25) is 5.02 Å². The molecule has 1 aromatic carbocycles. The number of benzene rings is 1. The molecule has 18 heavy (non-hydrogen) atoms. The van der Waals surface area contributed by atoms with Crippen molar-refractivity contribution in [1.29, 1.82) is 0 Å². The molecule has 1 aliphatic carbocycles. The van der Waals surface area contributed by atoms with E-state index in [4.69, 9.17) is 17.3 Å². The van der Waals surface area contributed by atoms with Crippen molar-refractivity contribution in [2.75, 3.05) is 5.73 Å². The van der Waals surface area contributed by atoms with Crippen LogP contribution in [0.5, 0.6) is 0 Å². The van der Waals surface area contributed by atoms with Gasteiger partial charge in [-0.2, -0.15) is 0 Å². The monoisotopic (exact) mass is 292 g/mol. The summed E-state index contributed by atoms with van der Waals surface area (Å²) < 4.78 is 40.2. The lowest BCUT2D eigenvalue weighted by atomic mass is 10.3. The zero-order valence-electron chi connectivity index (χ0n) is 9.78. The predicted octanol–water partition coefficient (Wildman–Crippen LogP) is 2.14. The van der Waals surface area contributed by atoms with Gasteiger partial charge in [-0.05, 0) is 24.5 Å². The van der Waals surface area contributed by atoms with Gasteiger partial charge in [-0.25, -0.2) is 17.5 Å². The van der Waals surface area contributed by atoms with Crippen LogP contribution in [0.3, 0.4) is 0 Å². The normalized spacial score (nSPS) is 23.1.